The topological polar surface area (TPSA) is 115 Å². The van der Waals surface area contributed by atoms with Crippen molar-refractivity contribution >= 4 is 17.4 Å². The molecule has 1 aliphatic heterocycles. The molecule has 2 heterocycles. The molecule has 0 fully saturated rings. The summed E-state index contributed by atoms with van der Waals surface area (Å²) in [7, 11) is 0. The molecule has 0 saturated carbocycles. The van der Waals surface area contributed by atoms with E-state index in [9.17, 15) is 27.9 Å². The zero-order chi connectivity index (χ0) is 25.3. The fourth-order valence-electron chi connectivity index (χ4n) is 4.71. The van der Waals surface area contributed by atoms with Crippen molar-refractivity contribution in [2.24, 2.45) is 0 Å². The highest BCUT2D eigenvalue weighted by atomic mass is 19.4. The van der Waals surface area contributed by atoms with E-state index in [0.29, 0.717) is 6.07 Å². The molecule has 1 aromatic heterocycles. The minimum Gasteiger partial charge on any atom is -0.454 e. The van der Waals surface area contributed by atoms with E-state index >= 15 is 0 Å². The van der Waals surface area contributed by atoms with E-state index in [0.717, 1.165) is 17.8 Å². The number of carbonyl (C=O) groups excluding carboxylic acids is 2. The highest BCUT2D eigenvalue weighted by Crippen LogP contribution is 2.59. The number of nitrogens with zero attached hydrogens (tertiary/aromatic N) is 1. The molecule has 35 heavy (non-hydrogen) atoms. The number of halogens is 3. The van der Waals surface area contributed by atoms with Gasteiger partial charge in [-0.3, -0.25) is 14.6 Å². The number of amides is 1. The largest absolute Gasteiger partial charge is 0.454 e. The van der Waals surface area contributed by atoms with E-state index in [-0.39, 0.29) is 34.0 Å². The van der Waals surface area contributed by atoms with E-state index in [1.165, 1.54) is 18.2 Å². The SMILES string of the molecule is CC(C)c1ccc2c(c1)OC1(O)c3cccc(N)c3C(=O)C21NC(=O)c1cc(C(F)(F)F)ccn1. The van der Waals surface area contributed by atoms with E-state index in [2.05, 4.69) is 10.3 Å². The molecular formula is C25H20F3N3O4. The average Bonchev–Trinajstić information content (AvgIpc) is 3.16. The molecule has 2 unspecified atom stereocenters. The molecule has 0 radical (unpaired) electrons. The van der Waals surface area contributed by atoms with Gasteiger partial charge in [-0.05, 0) is 35.7 Å². The smallest absolute Gasteiger partial charge is 0.416 e. The Hall–Kier alpha value is -3.92. The van der Waals surface area contributed by atoms with Crippen LogP contribution in [0, 0.1) is 0 Å². The standard InChI is InChI=1S/C25H20F3N3O4/c1-12(2)13-6-7-15-19(10-13)35-24(34)16-4-3-5-17(29)20(16)21(32)23(15,24)31-22(33)18-11-14(8-9-30-18)25(26,27)28/h3-12,34H,29H2,1-2H3,(H,31,33). The molecular weight excluding hydrogens is 463 g/mol. The number of rotatable bonds is 3. The molecule has 0 saturated heterocycles. The Balaban J connectivity index is 1.69. The number of ether oxygens (including phenoxy) is 1. The van der Waals surface area contributed by atoms with Crippen molar-refractivity contribution in [1.82, 2.24) is 10.3 Å². The molecule has 2 aromatic carbocycles. The van der Waals surface area contributed by atoms with Crippen LogP contribution in [-0.2, 0) is 17.5 Å². The summed E-state index contributed by atoms with van der Waals surface area (Å²) < 4.78 is 45.6. The lowest BCUT2D eigenvalue weighted by Gasteiger charge is -2.34. The first-order valence-electron chi connectivity index (χ1n) is 10.8. The van der Waals surface area contributed by atoms with Crippen LogP contribution in [0.2, 0.25) is 0 Å². The van der Waals surface area contributed by atoms with Gasteiger partial charge in [0, 0.05) is 23.0 Å². The lowest BCUT2D eigenvalue weighted by molar-refractivity contribution is -0.169. The van der Waals surface area contributed by atoms with Crippen LogP contribution in [0.4, 0.5) is 18.9 Å². The van der Waals surface area contributed by atoms with Gasteiger partial charge < -0.3 is 20.9 Å². The fourth-order valence-corrected chi connectivity index (χ4v) is 4.71. The van der Waals surface area contributed by atoms with Crippen LogP contribution in [0.1, 0.15) is 62.9 Å². The van der Waals surface area contributed by atoms with E-state index < -0.39 is 40.5 Å². The van der Waals surface area contributed by atoms with Crippen LogP contribution in [0.25, 0.3) is 0 Å². The third-order valence-corrected chi connectivity index (χ3v) is 6.49. The number of nitrogens with two attached hydrogens (primary N) is 1. The number of aromatic nitrogens is 1. The average molecular weight is 483 g/mol. The Labute approximate surface area is 197 Å². The Morgan fingerprint density at radius 1 is 1.14 bits per heavy atom. The predicted molar refractivity (Wildman–Crippen MR) is 119 cm³/mol. The zero-order valence-electron chi connectivity index (χ0n) is 18.6. The number of benzene rings is 2. The molecule has 5 rings (SSSR count). The number of pyridine rings is 1. The predicted octanol–water partition coefficient (Wildman–Crippen LogP) is 3.87. The van der Waals surface area contributed by atoms with Crippen molar-refractivity contribution in [2.45, 2.75) is 37.3 Å². The van der Waals surface area contributed by atoms with Crippen molar-refractivity contribution in [3.8, 4) is 5.75 Å². The Bertz CT molecular complexity index is 1400. The van der Waals surface area contributed by atoms with Crippen molar-refractivity contribution < 1.29 is 32.6 Å². The van der Waals surface area contributed by atoms with Crippen LogP contribution in [-0.4, -0.2) is 21.8 Å². The summed E-state index contributed by atoms with van der Waals surface area (Å²) in [5.74, 6) is -3.97. The molecule has 0 bridgehead atoms. The van der Waals surface area contributed by atoms with Crippen LogP contribution in [0.5, 0.6) is 5.75 Å². The number of alkyl halides is 3. The summed E-state index contributed by atoms with van der Waals surface area (Å²) >= 11 is 0. The summed E-state index contributed by atoms with van der Waals surface area (Å²) in [5, 5.41) is 14.3. The third-order valence-electron chi connectivity index (χ3n) is 6.49. The summed E-state index contributed by atoms with van der Waals surface area (Å²) in [5.41, 5.74) is 3.26. The van der Waals surface area contributed by atoms with E-state index in [1.807, 2.05) is 13.8 Å². The number of anilines is 1. The second-order valence-electron chi connectivity index (χ2n) is 8.89. The maximum absolute atomic E-state index is 13.9. The fraction of sp³-hybridized carbons (Fsp3) is 0.240. The number of aliphatic hydroxyl groups is 1. The number of nitrogens with one attached hydrogen (secondary N) is 1. The minimum atomic E-state index is -4.71. The van der Waals surface area contributed by atoms with Crippen LogP contribution in [0.3, 0.4) is 0 Å². The van der Waals surface area contributed by atoms with Gasteiger partial charge in [0.25, 0.3) is 11.7 Å². The van der Waals surface area contributed by atoms with Gasteiger partial charge in [0.15, 0.2) is 0 Å². The summed E-state index contributed by atoms with van der Waals surface area (Å²) in [6, 6.07) is 10.7. The summed E-state index contributed by atoms with van der Waals surface area (Å²) in [6.45, 7) is 3.90. The normalized spacial score (nSPS) is 22.4. The van der Waals surface area contributed by atoms with Gasteiger partial charge in [0.1, 0.15) is 11.4 Å². The monoisotopic (exact) mass is 483 g/mol. The second kappa shape index (κ2) is 7.29. The quantitative estimate of drug-likeness (QED) is 0.488. The number of carbonyl (C=O) groups is 2. The number of hydrogen-bond acceptors (Lipinski definition) is 6. The first-order valence-corrected chi connectivity index (χ1v) is 10.8. The Kier molecular flexibility index (Phi) is 4.76. The van der Waals surface area contributed by atoms with Gasteiger partial charge in [-0.1, -0.05) is 38.1 Å². The molecule has 2 atom stereocenters. The van der Waals surface area contributed by atoms with Gasteiger partial charge >= 0.3 is 6.18 Å². The molecule has 4 N–H and O–H groups in total. The Morgan fingerprint density at radius 2 is 1.89 bits per heavy atom. The highest BCUT2D eigenvalue weighted by molar-refractivity contribution is 6.15. The zero-order valence-corrected chi connectivity index (χ0v) is 18.6. The third kappa shape index (κ3) is 3.06. The molecule has 3 aromatic rings. The first-order chi connectivity index (χ1) is 16.4. The molecule has 7 nitrogen and oxygen atoms in total. The molecule has 2 aliphatic rings. The van der Waals surface area contributed by atoms with Crippen molar-refractivity contribution in [3.05, 3.63) is 88.2 Å². The lowest BCUT2D eigenvalue weighted by atomic mass is 9.82. The molecule has 1 amide bonds. The van der Waals surface area contributed by atoms with Gasteiger partial charge in [-0.25, -0.2) is 0 Å². The van der Waals surface area contributed by atoms with Crippen LogP contribution in [0.15, 0.2) is 54.7 Å². The summed E-state index contributed by atoms with van der Waals surface area (Å²) in [4.78, 5) is 30.8. The number of hydrogen-bond donors (Lipinski definition) is 3. The van der Waals surface area contributed by atoms with Gasteiger partial charge in [0.2, 0.25) is 11.3 Å². The number of ketones is 1. The minimum absolute atomic E-state index is 0.0362. The maximum Gasteiger partial charge on any atom is 0.416 e. The number of Topliss-reactive ketones (excluding diaryl/α,β-unsaturated/α-hetero) is 1. The first kappa shape index (κ1) is 22.9. The second-order valence-corrected chi connectivity index (χ2v) is 8.89. The van der Waals surface area contributed by atoms with Gasteiger partial charge in [0.05, 0.1) is 11.1 Å². The van der Waals surface area contributed by atoms with Gasteiger partial charge in [-0.2, -0.15) is 13.2 Å². The van der Waals surface area contributed by atoms with E-state index in [4.69, 9.17) is 10.5 Å². The number of nitrogen functional groups attached to an aromatic ring is 1. The molecule has 10 heteroatoms. The van der Waals surface area contributed by atoms with Crippen LogP contribution < -0.4 is 15.8 Å². The molecule has 0 spiro atoms. The molecule has 1 aliphatic carbocycles. The van der Waals surface area contributed by atoms with E-state index in [1.54, 1.807) is 18.2 Å². The Morgan fingerprint density at radius 3 is 2.57 bits per heavy atom. The molecule has 180 valence electrons. The van der Waals surface area contributed by atoms with Crippen LogP contribution >= 0.6 is 0 Å². The highest BCUT2D eigenvalue weighted by Gasteiger charge is 2.72. The lowest BCUT2D eigenvalue weighted by Crippen LogP contribution is -2.60. The number of fused-ring (bicyclic) bond motifs is 5. The van der Waals surface area contributed by atoms with Crippen molar-refractivity contribution in [1.29, 1.82) is 0 Å². The maximum atomic E-state index is 13.9. The van der Waals surface area contributed by atoms with Gasteiger partial charge in [-0.15, -0.1) is 0 Å². The summed E-state index contributed by atoms with van der Waals surface area (Å²) in [6.07, 6.45) is -3.86. The van der Waals surface area contributed by atoms with Crippen molar-refractivity contribution in [2.75, 3.05) is 5.73 Å². The van der Waals surface area contributed by atoms with Crippen molar-refractivity contribution in [3.63, 3.8) is 0 Å².